The number of rotatable bonds is 3. The Labute approximate surface area is 84.5 Å². The van der Waals surface area contributed by atoms with Crippen LogP contribution < -0.4 is 5.73 Å². The van der Waals surface area contributed by atoms with Gasteiger partial charge in [0.15, 0.2) is 0 Å². The van der Waals surface area contributed by atoms with Gasteiger partial charge in [0.05, 0.1) is 11.1 Å². The lowest BCUT2D eigenvalue weighted by atomic mass is 10.0. The van der Waals surface area contributed by atoms with Gasteiger partial charge in [0, 0.05) is 12.4 Å². The number of pyridine rings is 1. The average molecular weight is 223 g/mol. The lowest BCUT2D eigenvalue weighted by molar-refractivity contribution is -0.0711. The van der Waals surface area contributed by atoms with E-state index in [2.05, 4.69) is 4.98 Å². The van der Waals surface area contributed by atoms with Gasteiger partial charge in [-0.3, -0.25) is 4.98 Å². The molecule has 0 aliphatic heterocycles. The lowest BCUT2D eigenvalue weighted by Crippen LogP contribution is -2.36. The van der Waals surface area contributed by atoms with Crippen molar-refractivity contribution in [2.75, 3.05) is 6.61 Å². The molecule has 6 heteroatoms. The van der Waals surface area contributed by atoms with Gasteiger partial charge in [0.2, 0.25) is 0 Å². The summed E-state index contributed by atoms with van der Waals surface area (Å²) in [6.45, 7) is -1.31. The van der Waals surface area contributed by atoms with E-state index in [0.717, 1.165) is 0 Å². The van der Waals surface area contributed by atoms with Crippen molar-refractivity contribution in [3.05, 3.63) is 29.0 Å². The predicted octanol–water partition coefficient (Wildman–Crippen LogP) is 1.36. The van der Waals surface area contributed by atoms with E-state index in [1.807, 2.05) is 0 Å². The number of nitrogens with two attached hydrogens (primary N) is 1. The second kappa shape index (κ2) is 4.16. The first kappa shape index (κ1) is 11.3. The molecule has 1 heterocycles. The second-order valence-corrected chi connectivity index (χ2v) is 3.20. The maximum absolute atomic E-state index is 13.0. The molecular formula is C8H9ClF2N2O. The van der Waals surface area contributed by atoms with E-state index in [9.17, 15) is 8.78 Å². The Hall–Kier alpha value is -0.780. The Bertz CT molecular complexity index is 322. The standard InChI is InChI=1S/C8H9ClF2N2O/c9-6-3-13-2-1-5(6)7(12)8(10,11)4-14/h1-3,7,14H,4,12H2/t7-/m0/s1. The zero-order chi connectivity index (χ0) is 10.8. The van der Waals surface area contributed by atoms with Gasteiger partial charge in [0.1, 0.15) is 6.61 Å². The highest BCUT2D eigenvalue weighted by Crippen LogP contribution is 2.31. The van der Waals surface area contributed by atoms with Crippen molar-refractivity contribution in [2.24, 2.45) is 5.73 Å². The topological polar surface area (TPSA) is 59.1 Å². The minimum atomic E-state index is -3.38. The number of hydrogen-bond acceptors (Lipinski definition) is 3. The highest BCUT2D eigenvalue weighted by Gasteiger charge is 2.38. The van der Waals surface area contributed by atoms with Gasteiger partial charge in [-0.2, -0.15) is 0 Å². The van der Waals surface area contributed by atoms with E-state index < -0.39 is 18.6 Å². The van der Waals surface area contributed by atoms with Crippen LogP contribution in [0, 0.1) is 0 Å². The highest BCUT2D eigenvalue weighted by molar-refractivity contribution is 6.31. The zero-order valence-corrected chi connectivity index (χ0v) is 7.88. The Balaban J connectivity index is 3.00. The Morgan fingerprint density at radius 1 is 1.64 bits per heavy atom. The molecule has 3 nitrogen and oxygen atoms in total. The molecule has 0 bridgehead atoms. The van der Waals surface area contributed by atoms with Crippen LogP contribution in [0.15, 0.2) is 18.5 Å². The molecule has 0 unspecified atom stereocenters. The predicted molar refractivity (Wildman–Crippen MR) is 48.2 cm³/mol. The van der Waals surface area contributed by atoms with E-state index in [0.29, 0.717) is 0 Å². The van der Waals surface area contributed by atoms with Crippen molar-refractivity contribution in [1.29, 1.82) is 0 Å². The van der Waals surface area contributed by atoms with Gasteiger partial charge in [0.25, 0.3) is 5.92 Å². The van der Waals surface area contributed by atoms with Crippen LogP contribution in [-0.2, 0) is 0 Å². The van der Waals surface area contributed by atoms with Crippen LogP contribution in [0.25, 0.3) is 0 Å². The number of halogens is 3. The summed E-state index contributed by atoms with van der Waals surface area (Å²) in [7, 11) is 0. The largest absolute Gasteiger partial charge is 0.390 e. The first-order chi connectivity index (χ1) is 6.49. The second-order valence-electron chi connectivity index (χ2n) is 2.79. The van der Waals surface area contributed by atoms with Crippen molar-refractivity contribution in [1.82, 2.24) is 4.98 Å². The third-order valence-electron chi connectivity index (χ3n) is 1.80. The van der Waals surface area contributed by atoms with Crippen LogP contribution in [0.2, 0.25) is 5.02 Å². The number of hydrogen-bond donors (Lipinski definition) is 2. The molecule has 14 heavy (non-hydrogen) atoms. The fourth-order valence-corrected chi connectivity index (χ4v) is 1.20. The molecule has 0 aromatic carbocycles. The van der Waals surface area contributed by atoms with Crippen molar-refractivity contribution >= 4 is 11.6 Å². The first-order valence-electron chi connectivity index (χ1n) is 3.82. The van der Waals surface area contributed by atoms with Crippen LogP contribution in [-0.4, -0.2) is 22.6 Å². The molecule has 0 spiro atoms. The van der Waals surface area contributed by atoms with Gasteiger partial charge in [-0.25, -0.2) is 8.78 Å². The molecule has 78 valence electrons. The van der Waals surface area contributed by atoms with Gasteiger partial charge in [-0.1, -0.05) is 11.6 Å². The summed E-state index contributed by atoms with van der Waals surface area (Å²) in [4.78, 5) is 3.64. The summed E-state index contributed by atoms with van der Waals surface area (Å²) < 4.78 is 25.9. The SMILES string of the molecule is N[C@@H](c1ccncc1Cl)C(F)(F)CO. The number of aromatic nitrogens is 1. The van der Waals surface area contributed by atoms with Gasteiger partial charge in [-0.05, 0) is 11.6 Å². The molecule has 0 fully saturated rings. The summed E-state index contributed by atoms with van der Waals surface area (Å²) in [6.07, 6.45) is 2.54. The van der Waals surface area contributed by atoms with Crippen LogP contribution in [0.3, 0.4) is 0 Å². The molecule has 0 radical (unpaired) electrons. The molecule has 0 aliphatic rings. The number of nitrogens with zero attached hydrogens (tertiary/aromatic N) is 1. The fourth-order valence-electron chi connectivity index (χ4n) is 0.964. The molecule has 0 aliphatic carbocycles. The molecule has 1 rings (SSSR count). The summed E-state index contributed by atoms with van der Waals surface area (Å²) in [5.74, 6) is -3.38. The maximum Gasteiger partial charge on any atom is 0.289 e. The molecular weight excluding hydrogens is 214 g/mol. The summed E-state index contributed by atoms with van der Waals surface area (Å²) >= 11 is 5.62. The third kappa shape index (κ3) is 2.17. The first-order valence-corrected chi connectivity index (χ1v) is 4.20. The molecule has 1 atom stereocenters. The minimum absolute atomic E-state index is 0.0631. The normalized spacial score (nSPS) is 14.1. The van der Waals surface area contributed by atoms with Crippen LogP contribution in [0.1, 0.15) is 11.6 Å². The fraction of sp³-hybridized carbons (Fsp3) is 0.375. The van der Waals surface area contributed by atoms with Crippen molar-refractivity contribution in [3.63, 3.8) is 0 Å². The van der Waals surface area contributed by atoms with Gasteiger partial charge >= 0.3 is 0 Å². The maximum atomic E-state index is 13.0. The van der Waals surface area contributed by atoms with Crippen LogP contribution in [0.4, 0.5) is 8.78 Å². The number of alkyl halides is 2. The van der Waals surface area contributed by atoms with E-state index in [1.54, 1.807) is 0 Å². The minimum Gasteiger partial charge on any atom is -0.390 e. The van der Waals surface area contributed by atoms with Crippen LogP contribution >= 0.6 is 11.6 Å². The average Bonchev–Trinajstić information content (AvgIpc) is 2.17. The number of aliphatic hydroxyl groups excluding tert-OH is 1. The summed E-state index contributed by atoms with van der Waals surface area (Å²) in [5, 5.41) is 8.49. The van der Waals surface area contributed by atoms with Gasteiger partial charge in [-0.15, -0.1) is 0 Å². The Morgan fingerprint density at radius 3 is 2.79 bits per heavy atom. The Morgan fingerprint density at radius 2 is 2.29 bits per heavy atom. The zero-order valence-electron chi connectivity index (χ0n) is 7.12. The van der Waals surface area contributed by atoms with Crippen LogP contribution in [0.5, 0.6) is 0 Å². The summed E-state index contributed by atoms with van der Waals surface area (Å²) in [5.41, 5.74) is 5.33. The molecule has 1 aromatic rings. The molecule has 3 N–H and O–H groups in total. The quantitative estimate of drug-likeness (QED) is 0.812. The highest BCUT2D eigenvalue weighted by atomic mass is 35.5. The van der Waals surface area contributed by atoms with Gasteiger partial charge < -0.3 is 10.8 Å². The smallest absolute Gasteiger partial charge is 0.289 e. The van der Waals surface area contributed by atoms with E-state index in [1.165, 1.54) is 18.5 Å². The summed E-state index contributed by atoms with van der Waals surface area (Å²) in [6, 6.07) is -0.320. The lowest BCUT2D eigenvalue weighted by Gasteiger charge is -2.22. The monoisotopic (exact) mass is 222 g/mol. The van der Waals surface area contributed by atoms with E-state index in [4.69, 9.17) is 22.4 Å². The molecule has 0 saturated heterocycles. The van der Waals surface area contributed by atoms with Crippen molar-refractivity contribution in [2.45, 2.75) is 12.0 Å². The molecule has 0 amide bonds. The third-order valence-corrected chi connectivity index (χ3v) is 2.12. The van der Waals surface area contributed by atoms with Crippen molar-refractivity contribution < 1.29 is 13.9 Å². The van der Waals surface area contributed by atoms with E-state index >= 15 is 0 Å². The number of aliphatic hydroxyl groups is 1. The molecule has 1 aromatic heterocycles. The van der Waals surface area contributed by atoms with Crippen molar-refractivity contribution in [3.8, 4) is 0 Å². The molecule has 0 saturated carbocycles. The Kier molecular flexibility index (Phi) is 3.36. The van der Waals surface area contributed by atoms with E-state index in [-0.39, 0.29) is 10.6 Å².